The summed E-state index contributed by atoms with van der Waals surface area (Å²) in [5.41, 5.74) is 5.62. The van der Waals surface area contributed by atoms with Crippen LogP contribution in [0.15, 0.2) is 65.5 Å². The van der Waals surface area contributed by atoms with Gasteiger partial charge in [0, 0.05) is 19.0 Å². The minimum absolute atomic E-state index is 0.0517. The summed E-state index contributed by atoms with van der Waals surface area (Å²) < 4.78 is 0. The first-order valence-corrected chi connectivity index (χ1v) is 7.97. The molecule has 4 heteroatoms. The molecule has 0 saturated heterocycles. The van der Waals surface area contributed by atoms with Gasteiger partial charge in [-0.25, -0.2) is 4.98 Å². The van der Waals surface area contributed by atoms with E-state index >= 15 is 0 Å². The Labute approximate surface area is 133 Å². The van der Waals surface area contributed by atoms with Crippen molar-refractivity contribution in [3.63, 3.8) is 0 Å². The number of carbonyl (C=O) groups excluding carboxylic acids is 1. The minimum atomic E-state index is -0.0517. The van der Waals surface area contributed by atoms with Gasteiger partial charge in [0.05, 0.1) is 5.51 Å². The maximum absolute atomic E-state index is 12.3. The van der Waals surface area contributed by atoms with Crippen LogP contribution in [0.4, 0.5) is 0 Å². The normalized spacial score (nSPS) is 10.4. The molecule has 3 aromatic rings. The molecule has 3 rings (SSSR count). The van der Waals surface area contributed by atoms with E-state index in [0.29, 0.717) is 12.2 Å². The summed E-state index contributed by atoms with van der Waals surface area (Å²) in [6.45, 7) is 0.557. The summed E-state index contributed by atoms with van der Waals surface area (Å²) in [4.78, 5) is 18.1. The molecule has 0 unspecified atom stereocenters. The molecule has 0 radical (unpaired) electrons. The summed E-state index contributed by atoms with van der Waals surface area (Å²) in [5.74, 6) is -0.0517. The van der Waals surface area contributed by atoms with Crippen LogP contribution in [0.25, 0.3) is 11.1 Å². The second-order valence-electron chi connectivity index (χ2n) is 5.06. The molecule has 2 aromatic carbocycles. The molecule has 3 nitrogen and oxygen atoms in total. The summed E-state index contributed by atoms with van der Waals surface area (Å²) in [7, 11) is 1.81. The lowest BCUT2D eigenvalue weighted by molar-refractivity contribution is 0.0780. The van der Waals surface area contributed by atoms with Crippen molar-refractivity contribution in [1.82, 2.24) is 9.88 Å². The van der Waals surface area contributed by atoms with Gasteiger partial charge < -0.3 is 4.90 Å². The SMILES string of the molecule is CN(Cc1ccccc1-c1ccccc1)C(=O)c1cscn1. The lowest BCUT2D eigenvalue weighted by atomic mass is 9.99. The van der Waals surface area contributed by atoms with Crippen molar-refractivity contribution in [3.8, 4) is 11.1 Å². The van der Waals surface area contributed by atoms with Crippen LogP contribution < -0.4 is 0 Å². The fourth-order valence-corrected chi connectivity index (χ4v) is 2.92. The van der Waals surface area contributed by atoms with E-state index in [1.54, 1.807) is 15.8 Å². The molecule has 110 valence electrons. The van der Waals surface area contributed by atoms with Crippen molar-refractivity contribution < 1.29 is 4.79 Å². The van der Waals surface area contributed by atoms with Crippen molar-refractivity contribution in [2.75, 3.05) is 7.05 Å². The molecule has 0 fully saturated rings. The molecular weight excluding hydrogens is 292 g/mol. The fraction of sp³-hybridized carbons (Fsp3) is 0.111. The van der Waals surface area contributed by atoms with Crippen molar-refractivity contribution in [2.24, 2.45) is 0 Å². The van der Waals surface area contributed by atoms with Gasteiger partial charge in [0.2, 0.25) is 0 Å². The Morgan fingerprint density at radius 1 is 1.09 bits per heavy atom. The van der Waals surface area contributed by atoms with Crippen LogP contribution >= 0.6 is 11.3 Å². The Morgan fingerprint density at radius 3 is 2.55 bits per heavy atom. The van der Waals surface area contributed by atoms with Gasteiger partial charge in [-0.15, -0.1) is 11.3 Å². The lowest BCUT2D eigenvalue weighted by Gasteiger charge is -2.18. The average Bonchev–Trinajstić information content (AvgIpc) is 3.10. The number of amides is 1. The zero-order valence-corrected chi connectivity index (χ0v) is 13.1. The second-order valence-corrected chi connectivity index (χ2v) is 5.78. The Hall–Kier alpha value is -2.46. The molecule has 0 bridgehead atoms. The smallest absolute Gasteiger partial charge is 0.273 e. The van der Waals surface area contributed by atoms with E-state index in [0.717, 1.165) is 16.7 Å². The predicted molar refractivity (Wildman–Crippen MR) is 89.8 cm³/mol. The van der Waals surface area contributed by atoms with Crippen molar-refractivity contribution in [1.29, 1.82) is 0 Å². The van der Waals surface area contributed by atoms with Gasteiger partial charge >= 0.3 is 0 Å². The topological polar surface area (TPSA) is 33.2 Å². The highest BCUT2D eigenvalue weighted by Gasteiger charge is 2.15. The molecule has 0 atom stereocenters. The number of hydrogen-bond donors (Lipinski definition) is 0. The van der Waals surface area contributed by atoms with E-state index in [9.17, 15) is 4.79 Å². The van der Waals surface area contributed by atoms with Gasteiger partial charge in [-0.3, -0.25) is 4.79 Å². The third kappa shape index (κ3) is 3.07. The van der Waals surface area contributed by atoms with E-state index < -0.39 is 0 Å². The Balaban J connectivity index is 1.85. The van der Waals surface area contributed by atoms with E-state index in [1.807, 2.05) is 37.4 Å². The summed E-state index contributed by atoms with van der Waals surface area (Å²) in [6.07, 6.45) is 0. The monoisotopic (exact) mass is 308 g/mol. The summed E-state index contributed by atoms with van der Waals surface area (Å²) in [5, 5.41) is 1.78. The van der Waals surface area contributed by atoms with E-state index in [-0.39, 0.29) is 5.91 Å². The fourth-order valence-electron chi connectivity index (χ4n) is 2.40. The van der Waals surface area contributed by atoms with Crippen LogP contribution in [-0.2, 0) is 6.54 Å². The van der Waals surface area contributed by atoms with Crippen molar-refractivity contribution in [2.45, 2.75) is 6.54 Å². The maximum atomic E-state index is 12.3. The van der Waals surface area contributed by atoms with E-state index in [4.69, 9.17) is 0 Å². The first-order valence-electron chi connectivity index (χ1n) is 7.02. The van der Waals surface area contributed by atoms with Gasteiger partial charge in [-0.1, -0.05) is 54.6 Å². The lowest BCUT2D eigenvalue weighted by Crippen LogP contribution is -2.26. The molecule has 1 amide bonds. The number of rotatable bonds is 4. The Kier molecular flexibility index (Phi) is 4.30. The molecular formula is C18H16N2OS. The third-order valence-corrected chi connectivity index (χ3v) is 4.09. The summed E-state index contributed by atoms with van der Waals surface area (Å²) >= 11 is 1.43. The highest BCUT2D eigenvalue weighted by Crippen LogP contribution is 2.24. The van der Waals surface area contributed by atoms with Crippen LogP contribution in [0.3, 0.4) is 0 Å². The molecule has 1 aromatic heterocycles. The minimum Gasteiger partial charge on any atom is -0.336 e. The first-order chi connectivity index (χ1) is 10.8. The second kappa shape index (κ2) is 6.54. The van der Waals surface area contributed by atoms with Crippen LogP contribution in [0, 0.1) is 0 Å². The third-order valence-electron chi connectivity index (χ3n) is 3.51. The number of aromatic nitrogens is 1. The van der Waals surface area contributed by atoms with Crippen LogP contribution in [0.1, 0.15) is 16.1 Å². The van der Waals surface area contributed by atoms with Crippen LogP contribution in [-0.4, -0.2) is 22.8 Å². The molecule has 0 spiro atoms. The molecule has 0 aliphatic heterocycles. The van der Waals surface area contributed by atoms with Gasteiger partial charge in [-0.05, 0) is 16.7 Å². The van der Waals surface area contributed by atoms with E-state index in [1.165, 1.54) is 11.3 Å². The van der Waals surface area contributed by atoms with Crippen LogP contribution in [0.5, 0.6) is 0 Å². The highest BCUT2D eigenvalue weighted by molar-refractivity contribution is 7.07. The number of nitrogens with zero attached hydrogens (tertiary/aromatic N) is 2. The van der Waals surface area contributed by atoms with Gasteiger partial charge in [0.25, 0.3) is 5.91 Å². The number of benzene rings is 2. The quantitative estimate of drug-likeness (QED) is 0.727. The Morgan fingerprint density at radius 2 is 1.82 bits per heavy atom. The molecule has 0 aliphatic carbocycles. The largest absolute Gasteiger partial charge is 0.336 e. The molecule has 0 N–H and O–H groups in total. The number of hydrogen-bond acceptors (Lipinski definition) is 3. The first kappa shape index (κ1) is 14.5. The van der Waals surface area contributed by atoms with Crippen molar-refractivity contribution >= 4 is 17.2 Å². The molecule has 0 aliphatic rings. The number of thiazole rings is 1. The zero-order chi connectivity index (χ0) is 15.4. The van der Waals surface area contributed by atoms with Gasteiger partial charge in [0.1, 0.15) is 5.69 Å². The van der Waals surface area contributed by atoms with Gasteiger partial charge in [0.15, 0.2) is 0 Å². The molecule has 1 heterocycles. The number of carbonyl (C=O) groups is 1. The van der Waals surface area contributed by atoms with Crippen LogP contribution in [0.2, 0.25) is 0 Å². The highest BCUT2D eigenvalue weighted by atomic mass is 32.1. The molecule has 22 heavy (non-hydrogen) atoms. The maximum Gasteiger partial charge on any atom is 0.273 e. The molecule has 0 saturated carbocycles. The standard InChI is InChI=1S/C18H16N2OS/c1-20(18(21)17-12-22-13-19-17)11-15-9-5-6-10-16(15)14-7-3-2-4-8-14/h2-10,12-13H,11H2,1H3. The summed E-state index contributed by atoms with van der Waals surface area (Å²) in [6, 6.07) is 18.4. The Bertz CT molecular complexity index is 754. The van der Waals surface area contributed by atoms with E-state index in [2.05, 4.69) is 29.2 Å². The zero-order valence-electron chi connectivity index (χ0n) is 12.3. The van der Waals surface area contributed by atoms with Gasteiger partial charge in [-0.2, -0.15) is 0 Å². The average molecular weight is 308 g/mol. The predicted octanol–water partition coefficient (Wildman–Crippen LogP) is 4.08. The van der Waals surface area contributed by atoms with Crippen molar-refractivity contribution in [3.05, 3.63) is 76.7 Å².